The summed E-state index contributed by atoms with van der Waals surface area (Å²) in [7, 11) is 0. The van der Waals surface area contributed by atoms with Crippen LogP contribution in [-0.2, 0) is 22.6 Å². The van der Waals surface area contributed by atoms with Gasteiger partial charge in [-0.1, -0.05) is 43.7 Å². The molecule has 2 fully saturated rings. The van der Waals surface area contributed by atoms with E-state index in [-0.39, 0.29) is 35.4 Å². The van der Waals surface area contributed by atoms with Gasteiger partial charge in [-0.15, -0.1) is 0 Å². The van der Waals surface area contributed by atoms with Gasteiger partial charge < -0.3 is 4.90 Å². The molecule has 41 heavy (non-hydrogen) atoms. The van der Waals surface area contributed by atoms with Gasteiger partial charge in [-0.25, -0.2) is 4.39 Å². The Hall–Kier alpha value is -3.32. The molecular formula is C34H40FN3O3. The number of nitrogens with zero attached hydrogens (tertiary/aromatic N) is 2. The van der Waals surface area contributed by atoms with Gasteiger partial charge in [-0.3, -0.25) is 24.6 Å². The van der Waals surface area contributed by atoms with E-state index in [1.165, 1.54) is 23.1 Å². The Morgan fingerprint density at radius 3 is 2.46 bits per heavy atom. The summed E-state index contributed by atoms with van der Waals surface area (Å²) in [5.41, 5.74) is 7.25. The zero-order valence-electron chi connectivity index (χ0n) is 24.2. The fourth-order valence-corrected chi connectivity index (χ4v) is 7.17. The van der Waals surface area contributed by atoms with Gasteiger partial charge >= 0.3 is 0 Å². The molecule has 0 bridgehead atoms. The molecule has 3 heterocycles. The average molecular weight is 558 g/mol. The van der Waals surface area contributed by atoms with E-state index in [1.54, 1.807) is 17.0 Å². The number of hydrogen-bond acceptors (Lipinski definition) is 4. The van der Waals surface area contributed by atoms with E-state index >= 15 is 0 Å². The summed E-state index contributed by atoms with van der Waals surface area (Å²) in [5.74, 6) is -0.337. The summed E-state index contributed by atoms with van der Waals surface area (Å²) in [4.78, 5) is 41.1. The molecule has 0 radical (unpaired) electrons. The van der Waals surface area contributed by atoms with Gasteiger partial charge in [0, 0.05) is 25.1 Å². The van der Waals surface area contributed by atoms with Crippen molar-refractivity contribution in [2.75, 3.05) is 19.6 Å². The van der Waals surface area contributed by atoms with Crippen molar-refractivity contribution in [3.05, 3.63) is 76.1 Å². The van der Waals surface area contributed by atoms with Crippen LogP contribution in [0.2, 0.25) is 0 Å². The van der Waals surface area contributed by atoms with Gasteiger partial charge in [-0.2, -0.15) is 0 Å². The van der Waals surface area contributed by atoms with E-state index in [1.807, 2.05) is 18.2 Å². The lowest BCUT2D eigenvalue weighted by atomic mass is 9.72. The molecule has 3 amide bonds. The number of rotatable bonds is 6. The monoisotopic (exact) mass is 557 g/mol. The number of hydrogen-bond donors (Lipinski definition) is 1. The second-order valence-corrected chi connectivity index (χ2v) is 13.2. The van der Waals surface area contributed by atoms with Gasteiger partial charge in [-0.05, 0) is 110 Å². The summed E-state index contributed by atoms with van der Waals surface area (Å²) < 4.78 is 13.6. The second kappa shape index (κ2) is 11.2. The molecule has 7 heteroatoms. The van der Waals surface area contributed by atoms with Crippen LogP contribution in [0.5, 0.6) is 0 Å². The number of halogens is 1. The molecule has 0 aromatic heterocycles. The van der Waals surface area contributed by atoms with Gasteiger partial charge in [0.05, 0.1) is 0 Å². The van der Waals surface area contributed by atoms with Gasteiger partial charge in [0.25, 0.3) is 5.91 Å². The molecule has 2 aromatic carbocycles. The standard InChI is InChI=1S/C34H40FN3O3/c1-34(2)14-11-25(29(19-34)24-4-6-27(35)7-5-24)20-37-15-12-22(13-16-37)17-23-3-8-28-26(18-23)21-38(33(28)41)30-9-10-31(39)36-32(30)40/h3-8,18,22,30H,9-17,19-21H2,1-2H3,(H,36,39,40). The lowest BCUT2D eigenvalue weighted by Crippen LogP contribution is -2.52. The van der Waals surface area contributed by atoms with Crippen molar-refractivity contribution in [1.29, 1.82) is 0 Å². The maximum absolute atomic E-state index is 13.6. The molecule has 1 N–H and O–H groups in total. The highest BCUT2D eigenvalue weighted by atomic mass is 19.1. The Bertz CT molecular complexity index is 1390. The van der Waals surface area contributed by atoms with Crippen LogP contribution < -0.4 is 5.32 Å². The number of amides is 3. The van der Waals surface area contributed by atoms with Crippen molar-refractivity contribution in [2.45, 2.75) is 77.8 Å². The predicted molar refractivity (Wildman–Crippen MR) is 156 cm³/mol. The van der Waals surface area contributed by atoms with Crippen LogP contribution in [0.15, 0.2) is 48.0 Å². The first-order valence-corrected chi connectivity index (χ1v) is 15.1. The van der Waals surface area contributed by atoms with Crippen molar-refractivity contribution >= 4 is 23.3 Å². The van der Waals surface area contributed by atoms with Crippen molar-refractivity contribution in [2.24, 2.45) is 11.3 Å². The summed E-state index contributed by atoms with van der Waals surface area (Å²) in [6.45, 7) is 8.23. The van der Waals surface area contributed by atoms with Crippen LogP contribution in [-0.4, -0.2) is 53.2 Å². The molecule has 2 saturated heterocycles. The molecule has 2 aromatic rings. The summed E-state index contributed by atoms with van der Waals surface area (Å²) >= 11 is 0. The van der Waals surface area contributed by atoms with E-state index in [0.717, 1.165) is 62.9 Å². The molecule has 0 spiro atoms. The number of fused-ring (bicyclic) bond motifs is 1. The number of likely N-dealkylation sites (tertiary alicyclic amines) is 1. The van der Waals surface area contributed by atoms with Crippen LogP contribution in [0.4, 0.5) is 4.39 Å². The topological polar surface area (TPSA) is 69.7 Å². The Morgan fingerprint density at radius 2 is 1.73 bits per heavy atom. The quantitative estimate of drug-likeness (QED) is 0.476. The number of carbonyl (C=O) groups is 3. The molecule has 6 nitrogen and oxygen atoms in total. The fraction of sp³-hybridized carbons (Fsp3) is 0.500. The lowest BCUT2D eigenvalue weighted by Gasteiger charge is -2.37. The lowest BCUT2D eigenvalue weighted by molar-refractivity contribution is -0.136. The van der Waals surface area contributed by atoms with E-state index in [9.17, 15) is 18.8 Å². The Kier molecular flexibility index (Phi) is 7.58. The number of imide groups is 1. The Morgan fingerprint density at radius 1 is 0.976 bits per heavy atom. The van der Waals surface area contributed by atoms with Crippen LogP contribution in [0.3, 0.4) is 0 Å². The molecule has 6 rings (SSSR count). The van der Waals surface area contributed by atoms with E-state index < -0.39 is 6.04 Å². The molecular weight excluding hydrogens is 517 g/mol. The highest BCUT2D eigenvalue weighted by Gasteiger charge is 2.39. The molecule has 216 valence electrons. The Balaban J connectivity index is 1.07. The maximum atomic E-state index is 13.6. The largest absolute Gasteiger partial charge is 0.322 e. The van der Waals surface area contributed by atoms with Crippen LogP contribution >= 0.6 is 0 Å². The van der Waals surface area contributed by atoms with Crippen LogP contribution in [0.1, 0.15) is 85.8 Å². The summed E-state index contributed by atoms with van der Waals surface area (Å²) in [6, 6.07) is 12.6. The smallest absolute Gasteiger partial charge is 0.255 e. The van der Waals surface area contributed by atoms with Crippen molar-refractivity contribution in [1.82, 2.24) is 15.1 Å². The van der Waals surface area contributed by atoms with Gasteiger partial charge in [0.2, 0.25) is 11.8 Å². The van der Waals surface area contributed by atoms with E-state index in [4.69, 9.17) is 0 Å². The minimum atomic E-state index is -0.575. The molecule has 0 saturated carbocycles. The minimum absolute atomic E-state index is 0.116. The SMILES string of the molecule is CC1(C)CCC(CN2CCC(Cc3ccc4c(c3)CN(C3CCC(=O)NC3=O)C4=O)CC2)=C(c2ccc(F)cc2)C1. The minimum Gasteiger partial charge on any atom is -0.322 e. The number of piperidine rings is 2. The van der Waals surface area contributed by atoms with Gasteiger partial charge in [0.15, 0.2) is 0 Å². The second-order valence-electron chi connectivity index (χ2n) is 13.2. The highest BCUT2D eigenvalue weighted by Crippen LogP contribution is 2.43. The van der Waals surface area contributed by atoms with Crippen molar-refractivity contribution < 1.29 is 18.8 Å². The van der Waals surface area contributed by atoms with Crippen LogP contribution in [0.25, 0.3) is 5.57 Å². The first-order chi connectivity index (χ1) is 19.6. The third-order valence-corrected chi connectivity index (χ3v) is 9.61. The molecule has 3 aliphatic heterocycles. The summed E-state index contributed by atoms with van der Waals surface area (Å²) in [5, 5.41) is 2.37. The van der Waals surface area contributed by atoms with Crippen LogP contribution in [0, 0.1) is 17.2 Å². The van der Waals surface area contributed by atoms with Crippen molar-refractivity contribution in [3.8, 4) is 0 Å². The third-order valence-electron chi connectivity index (χ3n) is 9.61. The van der Waals surface area contributed by atoms with Gasteiger partial charge in [0.1, 0.15) is 11.9 Å². The normalized spacial score (nSPS) is 23.6. The number of benzene rings is 2. The maximum Gasteiger partial charge on any atom is 0.255 e. The number of carbonyl (C=O) groups excluding carboxylic acids is 3. The van der Waals surface area contributed by atoms with E-state index in [0.29, 0.717) is 24.4 Å². The summed E-state index contributed by atoms with van der Waals surface area (Å²) in [6.07, 6.45) is 7.25. The number of nitrogens with one attached hydrogen (secondary N) is 1. The molecule has 1 unspecified atom stereocenters. The molecule has 1 atom stereocenters. The third kappa shape index (κ3) is 6.01. The predicted octanol–water partition coefficient (Wildman–Crippen LogP) is 5.51. The first kappa shape index (κ1) is 27.8. The number of allylic oxidation sites excluding steroid dienone is 1. The van der Waals surface area contributed by atoms with E-state index in [2.05, 4.69) is 36.2 Å². The molecule has 1 aliphatic carbocycles. The zero-order chi connectivity index (χ0) is 28.7. The highest BCUT2D eigenvalue weighted by molar-refractivity contribution is 6.05. The fourth-order valence-electron chi connectivity index (χ4n) is 7.17. The molecule has 4 aliphatic rings. The zero-order valence-corrected chi connectivity index (χ0v) is 24.2. The van der Waals surface area contributed by atoms with Crippen molar-refractivity contribution in [3.63, 3.8) is 0 Å². The Labute approximate surface area is 242 Å². The average Bonchev–Trinajstić information content (AvgIpc) is 3.26. The first-order valence-electron chi connectivity index (χ1n) is 15.1.